The second-order valence-corrected chi connectivity index (χ2v) is 11.8. The minimum atomic E-state index is -0.851. The molecule has 0 radical (unpaired) electrons. The van der Waals surface area contributed by atoms with Crippen LogP contribution in [0, 0.1) is 12.3 Å². The molecule has 1 aromatic heterocycles. The Hall–Kier alpha value is -2.69. The fourth-order valence-electron chi connectivity index (χ4n) is 4.42. The molecule has 9 nitrogen and oxygen atoms in total. The number of aliphatic hydroxyl groups is 1. The second-order valence-electron chi connectivity index (χ2n) is 10.6. The highest BCUT2D eigenvalue weighted by atomic mass is 35.5. The largest absolute Gasteiger partial charge is 0.493 e. The van der Waals surface area contributed by atoms with Crippen LogP contribution in [-0.4, -0.2) is 69.9 Å². The molecule has 0 bridgehead atoms. The summed E-state index contributed by atoms with van der Waals surface area (Å²) in [6.45, 7) is 9.47. The van der Waals surface area contributed by atoms with E-state index in [4.69, 9.17) is 16.3 Å². The van der Waals surface area contributed by atoms with Gasteiger partial charge in [0.05, 0.1) is 28.8 Å². The zero-order chi connectivity index (χ0) is 28.0. The van der Waals surface area contributed by atoms with Crippen LogP contribution in [0.1, 0.15) is 51.8 Å². The molecule has 1 aliphatic rings. The Morgan fingerprint density at radius 1 is 1.32 bits per heavy atom. The minimum Gasteiger partial charge on any atom is -0.493 e. The van der Waals surface area contributed by atoms with Gasteiger partial charge in [-0.15, -0.1) is 22.9 Å². The Labute approximate surface area is 232 Å². The molecule has 1 aromatic carbocycles. The van der Waals surface area contributed by atoms with Gasteiger partial charge in [0.2, 0.25) is 17.7 Å². The number of nitrogens with zero attached hydrogens (tertiary/aromatic N) is 2. The molecule has 0 unspecified atom stereocenters. The van der Waals surface area contributed by atoms with Gasteiger partial charge in [-0.2, -0.15) is 0 Å². The lowest BCUT2D eigenvalue weighted by atomic mass is 9.85. The molecule has 1 fully saturated rings. The first kappa shape index (κ1) is 29.9. The highest BCUT2D eigenvalue weighted by molar-refractivity contribution is 7.13. The van der Waals surface area contributed by atoms with E-state index in [9.17, 15) is 19.5 Å². The van der Waals surface area contributed by atoms with E-state index in [-0.39, 0.29) is 31.3 Å². The zero-order valence-electron chi connectivity index (χ0n) is 22.5. The molecular weight excluding hydrogens is 528 g/mol. The van der Waals surface area contributed by atoms with Crippen LogP contribution < -0.4 is 15.4 Å². The number of benzene rings is 1. The maximum absolute atomic E-state index is 13.4. The fraction of sp³-hybridized carbons (Fsp3) is 0.556. The quantitative estimate of drug-likeness (QED) is 0.301. The zero-order valence-corrected chi connectivity index (χ0v) is 24.1. The second kappa shape index (κ2) is 12.9. The number of hydrogen-bond acceptors (Lipinski definition) is 7. The molecule has 3 atom stereocenters. The molecule has 208 valence electrons. The molecule has 1 aliphatic heterocycles. The van der Waals surface area contributed by atoms with Crippen LogP contribution in [0.25, 0.3) is 10.4 Å². The van der Waals surface area contributed by atoms with Crippen molar-refractivity contribution < 1.29 is 24.2 Å². The van der Waals surface area contributed by atoms with E-state index in [1.165, 1.54) is 11.8 Å². The van der Waals surface area contributed by atoms with Gasteiger partial charge in [0.15, 0.2) is 0 Å². The number of aromatic nitrogens is 1. The maximum Gasteiger partial charge on any atom is 0.246 e. The number of aliphatic hydroxyl groups excluding tert-OH is 1. The third-order valence-electron chi connectivity index (χ3n) is 6.39. The van der Waals surface area contributed by atoms with Crippen LogP contribution in [0.4, 0.5) is 0 Å². The molecule has 3 rings (SSSR count). The molecule has 1 saturated heterocycles. The molecule has 0 saturated carbocycles. The number of thiazole rings is 1. The van der Waals surface area contributed by atoms with Crippen LogP contribution >= 0.6 is 22.9 Å². The monoisotopic (exact) mass is 564 g/mol. The summed E-state index contributed by atoms with van der Waals surface area (Å²) in [6, 6.07) is 4.13. The predicted molar refractivity (Wildman–Crippen MR) is 148 cm³/mol. The van der Waals surface area contributed by atoms with Gasteiger partial charge in [0.25, 0.3) is 0 Å². The van der Waals surface area contributed by atoms with Gasteiger partial charge in [0, 0.05) is 37.9 Å². The molecule has 0 aliphatic carbocycles. The summed E-state index contributed by atoms with van der Waals surface area (Å²) in [4.78, 5) is 45.2. The highest BCUT2D eigenvalue weighted by Gasteiger charge is 2.44. The van der Waals surface area contributed by atoms with Gasteiger partial charge in [-0.05, 0) is 30.4 Å². The molecule has 3 N–H and O–H groups in total. The van der Waals surface area contributed by atoms with E-state index in [2.05, 4.69) is 15.6 Å². The number of likely N-dealkylation sites (tertiary alicyclic amines) is 1. The van der Waals surface area contributed by atoms with Crippen LogP contribution in [0.5, 0.6) is 5.75 Å². The van der Waals surface area contributed by atoms with E-state index in [0.29, 0.717) is 24.7 Å². The van der Waals surface area contributed by atoms with Crippen molar-refractivity contribution in [1.29, 1.82) is 0 Å². The van der Waals surface area contributed by atoms with Gasteiger partial charge in [-0.3, -0.25) is 14.4 Å². The van der Waals surface area contributed by atoms with Gasteiger partial charge in [-0.25, -0.2) is 4.98 Å². The Morgan fingerprint density at radius 3 is 2.66 bits per heavy atom. The predicted octanol–water partition coefficient (Wildman–Crippen LogP) is 3.26. The van der Waals surface area contributed by atoms with Crippen molar-refractivity contribution in [3.05, 3.63) is 35.0 Å². The normalized spacial score (nSPS) is 18.2. The summed E-state index contributed by atoms with van der Waals surface area (Å²) < 4.78 is 6.00. The van der Waals surface area contributed by atoms with E-state index >= 15 is 0 Å². The minimum absolute atomic E-state index is 0.0266. The molecule has 38 heavy (non-hydrogen) atoms. The highest BCUT2D eigenvalue weighted by Crippen LogP contribution is 2.32. The topological polar surface area (TPSA) is 121 Å². The summed E-state index contributed by atoms with van der Waals surface area (Å²) >= 11 is 7.37. The molecule has 2 aromatic rings. The number of ether oxygens (including phenoxy) is 1. The van der Waals surface area contributed by atoms with Crippen molar-refractivity contribution in [3.8, 4) is 16.2 Å². The smallest absolute Gasteiger partial charge is 0.246 e. The number of carbonyl (C=O) groups is 3. The first-order valence-electron chi connectivity index (χ1n) is 12.7. The van der Waals surface area contributed by atoms with Crippen LogP contribution in [0.2, 0.25) is 0 Å². The van der Waals surface area contributed by atoms with Gasteiger partial charge < -0.3 is 25.4 Å². The van der Waals surface area contributed by atoms with Crippen LogP contribution in [0.3, 0.4) is 0 Å². The first-order valence-corrected chi connectivity index (χ1v) is 14.1. The van der Waals surface area contributed by atoms with E-state index in [1.807, 2.05) is 45.9 Å². The number of amides is 3. The van der Waals surface area contributed by atoms with Crippen molar-refractivity contribution in [1.82, 2.24) is 20.5 Å². The van der Waals surface area contributed by atoms with E-state index < -0.39 is 29.5 Å². The van der Waals surface area contributed by atoms with Crippen LogP contribution in [0.15, 0.2) is 23.7 Å². The number of carbonyl (C=O) groups excluding carboxylic acids is 3. The number of nitrogens with one attached hydrogen (secondary N) is 2. The molecule has 0 spiro atoms. The van der Waals surface area contributed by atoms with Crippen molar-refractivity contribution in [2.75, 3.05) is 19.0 Å². The third-order valence-corrected chi connectivity index (χ3v) is 7.63. The molecular formula is C27H37ClN4O5S. The SMILES string of the molecule is CC(=O)N[C@H](C(=O)N1C[C@H](O)C[C@H]1C(=O)NCc1ccc(-c2scnc2C)cc1OCCCCl)C(C)(C)C. The molecule has 3 amide bonds. The summed E-state index contributed by atoms with van der Waals surface area (Å²) in [5.41, 5.74) is 3.90. The molecule has 2 heterocycles. The van der Waals surface area contributed by atoms with Crippen molar-refractivity contribution >= 4 is 40.7 Å². The fourth-order valence-corrected chi connectivity index (χ4v) is 5.33. The maximum atomic E-state index is 13.4. The lowest BCUT2D eigenvalue weighted by Gasteiger charge is -2.35. The third kappa shape index (κ3) is 7.45. The van der Waals surface area contributed by atoms with Crippen molar-refractivity contribution in [3.63, 3.8) is 0 Å². The Kier molecular flexibility index (Phi) is 10.1. The van der Waals surface area contributed by atoms with E-state index in [0.717, 1.165) is 21.7 Å². The number of β-amino-alcohol motifs (C(OH)–C–C–N with tert-alkyl or cyclic N) is 1. The lowest BCUT2D eigenvalue weighted by molar-refractivity contribution is -0.143. The molecule has 11 heteroatoms. The van der Waals surface area contributed by atoms with Gasteiger partial charge >= 0.3 is 0 Å². The summed E-state index contributed by atoms with van der Waals surface area (Å²) in [5, 5.41) is 16.0. The van der Waals surface area contributed by atoms with E-state index in [1.54, 1.807) is 16.8 Å². The Bertz CT molecular complexity index is 1150. The van der Waals surface area contributed by atoms with Crippen molar-refractivity contribution in [2.24, 2.45) is 5.41 Å². The standard InChI is InChI=1S/C27H37ClN4O5S/c1-16-23(38-15-30-16)18-7-8-19(22(11-18)37-10-6-9-28)13-29-25(35)21-12-20(34)14-32(21)26(36)24(27(3,4)5)31-17(2)33/h7-8,11,15,20-21,24,34H,6,9-10,12-14H2,1-5H3,(H,29,35)(H,31,33)/t20-,21+,24-/m1/s1. The Balaban J connectivity index is 1.77. The average Bonchev–Trinajstić information content (AvgIpc) is 3.45. The van der Waals surface area contributed by atoms with Gasteiger partial charge in [0.1, 0.15) is 17.8 Å². The number of alkyl halides is 1. The average molecular weight is 565 g/mol. The number of aryl methyl sites for hydroxylation is 1. The summed E-state index contributed by atoms with van der Waals surface area (Å²) in [6.07, 6.45) is -0.0294. The summed E-state index contributed by atoms with van der Waals surface area (Å²) in [5.74, 6) is 0.0104. The van der Waals surface area contributed by atoms with Crippen molar-refractivity contribution in [2.45, 2.75) is 72.2 Å². The lowest BCUT2D eigenvalue weighted by Crippen LogP contribution is -2.57. The number of rotatable bonds is 10. The first-order chi connectivity index (χ1) is 17.9. The van der Waals surface area contributed by atoms with Gasteiger partial charge in [-0.1, -0.05) is 32.9 Å². The summed E-state index contributed by atoms with van der Waals surface area (Å²) in [7, 11) is 0. The number of halogens is 1. The number of hydrogen-bond donors (Lipinski definition) is 3. The van der Waals surface area contributed by atoms with Crippen LogP contribution in [-0.2, 0) is 20.9 Å². The Morgan fingerprint density at radius 2 is 2.05 bits per heavy atom.